The topological polar surface area (TPSA) is 46.5 Å². The molecule has 0 aliphatic heterocycles. The highest BCUT2D eigenvalue weighted by molar-refractivity contribution is 5.83. The van der Waals surface area contributed by atoms with E-state index in [4.69, 9.17) is 4.74 Å². The molecule has 28 heavy (non-hydrogen) atoms. The van der Waals surface area contributed by atoms with Gasteiger partial charge in [0.05, 0.1) is 11.5 Å². The molecular weight excluding hydrogens is 348 g/mol. The number of esters is 1. The first-order valence-corrected chi connectivity index (χ1v) is 10.2. The Balaban J connectivity index is 1.55. The van der Waals surface area contributed by atoms with Gasteiger partial charge in [0.1, 0.15) is 6.61 Å². The highest BCUT2D eigenvalue weighted by Crippen LogP contribution is 2.71. The third kappa shape index (κ3) is 2.35. The van der Waals surface area contributed by atoms with Crippen LogP contribution in [-0.2, 0) is 16.1 Å². The zero-order valence-corrected chi connectivity index (χ0v) is 16.3. The van der Waals surface area contributed by atoms with Gasteiger partial charge in [0, 0.05) is 5.41 Å². The highest BCUT2D eigenvalue weighted by atomic mass is 16.5. The van der Waals surface area contributed by atoms with Crippen molar-refractivity contribution in [3.8, 4) is 0 Å². The van der Waals surface area contributed by atoms with Gasteiger partial charge in [-0.3, -0.25) is 4.79 Å². The van der Waals surface area contributed by atoms with Crippen LogP contribution < -0.4 is 0 Å². The van der Waals surface area contributed by atoms with Crippen LogP contribution in [0, 0.1) is 12.3 Å². The number of fused-ring (bicyclic) bond motifs is 3. The molecule has 0 saturated heterocycles. The molecule has 1 N–H and O–H groups in total. The predicted molar refractivity (Wildman–Crippen MR) is 108 cm³/mol. The smallest absolute Gasteiger partial charge is 0.314 e. The fraction of sp³-hybridized carbons (Fsp3) is 0.400. The minimum atomic E-state index is -0.829. The monoisotopic (exact) mass is 374 g/mol. The van der Waals surface area contributed by atoms with Crippen LogP contribution in [0.25, 0.3) is 0 Å². The van der Waals surface area contributed by atoms with Crippen molar-refractivity contribution in [3.63, 3.8) is 0 Å². The lowest BCUT2D eigenvalue weighted by molar-refractivity contribution is -0.151. The summed E-state index contributed by atoms with van der Waals surface area (Å²) in [5, 5.41) is 11.1. The molecule has 0 heterocycles. The maximum Gasteiger partial charge on any atom is 0.314 e. The number of aryl methyl sites for hydroxylation is 1. The van der Waals surface area contributed by atoms with Gasteiger partial charge >= 0.3 is 5.97 Å². The first-order chi connectivity index (χ1) is 13.4. The molecule has 3 nitrogen and oxygen atoms in total. The molecular formula is C25H26O3. The normalized spacial score (nSPS) is 32.7. The van der Waals surface area contributed by atoms with Gasteiger partial charge in [0.15, 0.2) is 0 Å². The van der Waals surface area contributed by atoms with Crippen molar-refractivity contribution in [3.05, 3.63) is 82.9 Å². The van der Waals surface area contributed by atoms with Crippen molar-refractivity contribution >= 4 is 5.97 Å². The number of carbonyl (C=O) groups excluding carboxylic acids is 1. The number of ether oxygens (including phenoxy) is 1. The van der Waals surface area contributed by atoms with Crippen LogP contribution in [0.3, 0.4) is 0 Å². The van der Waals surface area contributed by atoms with Gasteiger partial charge in [-0.15, -0.1) is 0 Å². The van der Waals surface area contributed by atoms with Gasteiger partial charge < -0.3 is 9.84 Å². The average Bonchev–Trinajstić information content (AvgIpc) is 3.07. The van der Waals surface area contributed by atoms with Crippen LogP contribution in [0.5, 0.6) is 0 Å². The lowest BCUT2D eigenvalue weighted by Crippen LogP contribution is -2.40. The second-order valence-corrected chi connectivity index (χ2v) is 8.92. The van der Waals surface area contributed by atoms with E-state index in [1.165, 1.54) is 5.56 Å². The van der Waals surface area contributed by atoms with Crippen molar-refractivity contribution in [2.24, 2.45) is 5.41 Å². The van der Waals surface area contributed by atoms with E-state index in [1.54, 1.807) is 0 Å². The van der Waals surface area contributed by atoms with Crippen molar-refractivity contribution in [2.45, 2.75) is 56.7 Å². The molecule has 2 bridgehead atoms. The van der Waals surface area contributed by atoms with Crippen LogP contribution in [0.4, 0.5) is 0 Å². The molecule has 0 aromatic heterocycles. The molecule has 2 aromatic carbocycles. The molecule has 1 spiro atoms. The molecule has 144 valence electrons. The Morgan fingerprint density at radius 2 is 2.00 bits per heavy atom. The first-order valence-electron chi connectivity index (χ1n) is 10.2. The predicted octanol–water partition coefficient (Wildman–Crippen LogP) is 4.78. The SMILES string of the molecule is C=C1C[C@]23C[C@@]1(O)CCC2c1cccc(C)c1[C@@H]3C(=O)OCc1ccccc1. The summed E-state index contributed by atoms with van der Waals surface area (Å²) in [6.07, 6.45) is 2.95. The van der Waals surface area contributed by atoms with E-state index in [-0.39, 0.29) is 29.8 Å². The molecule has 3 aliphatic rings. The first kappa shape index (κ1) is 17.7. The fourth-order valence-electron chi connectivity index (χ4n) is 6.20. The van der Waals surface area contributed by atoms with Crippen molar-refractivity contribution in [2.75, 3.05) is 0 Å². The van der Waals surface area contributed by atoms with E-state index in [9.17, 15) is 9.90 Å². The third-order valence-corrected chi connectivity index (χ3v) is 7.42. The summed E-state index contributed by atoms with van der Waals surface area (Å²) in [6, 6.07) is 16.1. The van der Waals surface area contributed by atoms with Crippen molar-refractivity contribution in [1.29, 1.82) is 0 Å². The molecule has 1 unspecified atom stereocenters. The molecule has 3 aliphatic carbocycles. The van der Waals surface area contributed by atoms with Gasteiger partial charge in [0.2, 0.25) is 0 Å². The Kier molecular flexibility index (Phi) is 3.82. The fourth-order valence-corrected chi connectivity index (χ4v) is 6.20. The summed E-state index contributed by atoms with van der Waals surface area (Å²) in [5.41, 5.74) is 4.30. The van der Waals surface area contributed by atoms with E-state index in [0.29, 0.717) is 12.8 Å². The second-order valence-electron chi connectivity index (χ2n) is 8.92. The average molecular weight is 374 g/mol. The quantitative estimate of drug-likeness (QED) is 0.621. The Morgan fingerprint density at radius 1 is 1.21 bits per heavy atom. The van der Waals surface area contributed by atoms with Crippen LogP contribution >= 0.6 is 0 Å². The summed E-state index contributed by atoms with van der Waals surface area (Å²) in [4.78, 5) is 13.4. The largest absolute Gasteiger partial charge is 0.460 e. The summed E-state index contributed by atoms with van der Waals surface area (Å²) in [5.74, 6) is -0.208. The molecule has 4 atom stereocenters. The molecule has 3 heteroatoms. The number of benzene rings is 2. The van der Waals surface area contributed by atoms with Gasteiger partial charge in [-0.05, 0) is 66.4 Å². The van der Waals surface area contributed by atoms with E-state index in [0.717, 1.165) is 35.1 Å². The lowest BCUT2D eigenvalue weighted by atomic mass is 9.63. The number of hydrogen-bond donors (Lipinski definition) is 1. The van der Waals surface area contributed by atoms with E-state index in [2.05, 4.69) is 31.7 Å². The minimum Gasteiger partial charge on any atom is -0.460 e. The molecule has 5 rings (SSSR count). The second kappa shape index (κ2) is 6.05. The summed E-state index contributed by atoms with van der Waals surface area (Å²) in [7, 11) is 0. The number of aliphatic hydroxyl groups is 1. The Labute approximate surface area is 166 Å². The zero-order valence-electron chi connectivity index (χ0n) is 16.3. The molecule has 0 amide bonds. The maximum absolute atomic E-state index is 13.4. The van der Waals surface area contributed by atoms with Crippen LogP contribution in [0.1, 0.15) is 59.8 Å². The van der Waals surface area contributed by atoms with Crippen LogP contribution in [0.2, 0.25) is 0 Å². The van der Waals surface area contributed by atoms with E-state index < -0.39 is 5.60 Å². The lowest BCUT2D eigenvalue weighted by Gasteiger charge is -2.41. The van der Waals surface area contributed by atoms with E-state index in [1.807, 2.05) is 30.3 Å². The Morgan fingerprint density at radius 3 is 2.79 bits per heavy atom. The van der Waals surface area contributed by atoms with Gasteiger partial charge in [-0.25, -0.2) is 0 Å². The summed E-state index contributed by atoms with van der Waals surface area (Å²) in [6.45, 7) is 6.56. The Bertz CT molecular complexity index is 963. The standard InChI is InChI=1S/C25H26O3/c1-16-7-6-10-19-20-11-12-25(27)15-24(20,13-17(25)2)22(21(16)19)23(26)28-14-18-8-4-3-5-9-18/h3-10,20,22,27H,2,11-15H2,1H3/t20?,22-,24+,25+/m1/s1. The molecule has 0 radical (unpaired) electrons. The molecule has 2 aromatic rings. The Hall–Kier alpha value is -2.39. The third-order valence-electron chi connectivity index (χ3n) is 7.42. The number of rotatable bonds is 3. The minimum absolute atomic E-state index is 0.166. The van der Waals surface area contributed by atoms with Gasteiger partial charge in [0.25, 0.3) is 0 Å². The van der Waals surface area contributed by atoms with Gasteiger partial charge in [-0.1, -0.05) is 55.1 Å². The van der Waals surface area contributed by atoms with Crippen LogP contribution in [-0.4, -0.2) is 16.7 Å². The van der Waals surface area contributed by atoms with Crippen LogP contribution in [0.15, 0.2) is 60.7 Å². The molecule has 2 fully saturated rings. The molecule has 2 saturated carbocycles. The van der Waals surface area contributed by atoms with E-state index >= 15 is 0 Å². The summed E-state index contributed by atoms with van der Waals surface area (Å²) < 4.78 is 5.84. The summed E-state index contributed by atoms with van der Waals surface area (Å²) >= 11 is 0. The highest BCUT2D eigenvalue weighted by Gasteiger charge is 2.66. The maximum atomic E-state index is 13.4. The zero-order chi connectivity index (χ0) is 19.5. The number of hydrogen-bond acceptors (Lipinski definition) is 3. The van der Waals surface area contributed by atoms with Crippen molar-refractivity contribution in [1.82, 2.24) is 0 Å². The number of carbonyl (C=O) groups is 1. The van der Waals surface area contributed by atoms with Gasteiger partial charge in [-0.2, -0.15) is 0 Å². The van der Waals surface area contributed by atoms with Crippen molar-refractivity contribution < 1.29 is 14.6 Å².